The minimum absolute atomic E-state index is 0.00804. The monoisotopic (exact) mass is 1430 g/mol. The molecule has 2 fully saturated rings. The summed E-state index contributed by atoms with van der Waals surface area (Å²) in [7, 11) is 10.1. The summed E-state index contributed by atoms with van der Waals surface area (Å²) in [6.07, 6.45) is 6.41. The molecule has 2 saturated heterocycles. The number of rotatable bonds is 26. The Morgan fingerprint density at radius 1 is 0.490 bits per heavy atom. The van der Waals surface area contributed by atoms with E-state index in [-0.39, 0.29) is 68.7 Å². The van der Waals surface area contributed by atoms with Gasteiger partial charge in [-0.25, -0.2) is 0 Å². The van der Waals surface area contributed by atoms with E-state index >= 15 is 33.6 Å². The van der Waals surface area contributed by atoms with Crippen LogP contribution < -0.4 is 27.0 Å². The van der Waals surface area contributed by atoms with Gasteiger partial charge in [0.05, 0.1) is 12.7 Å². The predicted octanol–water partition coefficient (Wildman–Crippen LogP) is 5.59. The van der Waals surface area contributed by atoms with E-state index in [9.17, 15) is 24.3 Å². The molecule has 2 rings (SSSR count). The summed E-state index contributed by atoms with van der Waals surface area (Å²) < 4.78 is 11.8. The standard InChI is InChI=1S/C73H134N12O14S/c1-24-52-67(92)85(23)73(100-38-32-37-99-57-34-29-31-36-98-57)72(97)80(18)54(40-44(4)5)64(89)78-58(47(10)11)70(95)79(17)53(39-43(2)3)63(88)75-50(15)62(87)76-51(16)66(91)81(19)55(41-45(6)7)68(93)82(20)56(42-46(8)9)69(94)83(21)59(48(12)13)71(96)84(22)60(65(90)77-52)61(86)49(14)33-28-26-25-27-30-35-74/h43-61,73,86H,24-42,74H2,1-23H3,(H,75,88)(H,76,87)(H,77,90)(H,78,89)/t49-,50+,51-,52+,53+,54+,55+,56+,57?,58+,59+,60+,61-,73-/m1/s1. The number of aliphatic hydroxyl groups excluding tert-OH is 1. The van der Waals surface area contributed by atoms with Crippen molar-refractivity contribution in [3.8, 4) is 0 Å². The lowest BCUT2D eigenvalue weighted by atomic mass is 9.90. The number of thioether (sulfide) groups is 1. The fourth-order valence-electron chi connectivity index (χ4n) is 13.0. The van der Waals surface area contributed by atoms with E-state index in [1.807, 2.05) is 55.4 Å². The highest BCUT2D eigenvalue weighted by molar-refractivity contribution is 8.00. The number of nitrogens with zero attached hydrogens (tertiary/aromatic N) is 7. The molecule has 100 heavy (non-hydrogen) atoms. The second kappa shape index (κ2) is 44.1. The smallest absolute Gasteiger partial charge is 0.256 e. The van der Waals surface area contributed by atoms with Gasteiger partial charge in [-0.15, -0.1) is 11.8 Å². The van der Waals surface area contributed by atoms with E-state index in [4.69, 9.17) is 15.2 Å². The summed E-state index contributed by atoms with van der Waals surface area (Å²) in [6.45, 7) is 29.8. The summed E-state index contributed by atoms with van der Waals surface area (Å²) in [5, 5.41) is 22.5. The Bertz CT molecular complexity index is 2630. The van der Waals surface area contributed by atoms with Crippen LogP contribution in [0.3, 0.4) is 0 Å². The van der Waals surface area contributed by atoms with Crippen LogP contribution in [-0.2, 0) is 62.2 Å². The molecular weight excluding hydrogens is 1300 g/mol. The van der Waals surface area contributed by atoms with Crippen molar-refractivity contribution in [1.29, 1.82) is 0 Å². The Morgan fingerprint density at radius 3 is 1.46 bits per heavy atom. The molecule has 7 N–H and O–H groups in total. The number of hydrogen-bond acceptors (Lipinski definition) is 16. The molecule has 0 aliphatic carbocycles. The van der Waals surface area contributed by atoms with Crippen LogP contribution >= 0.6 is 11.8 Å². The summed E-state index contributed by atoms with van der Waals surface area (Å²) in [5.74, 6) is -9.56. The van der Waals surface area contributed by atoms with Crippen LogP contribution in [0.1, 0.15) is 207 Å². The van der Waals surface area contributed by atoms with Gasteiger partial charge in [0, 0.05) is 55.9 Å². The van der Waals surface area contributed by atoms with E-state index in [0.29, 0.717) is 38.2 Å². The van der Waals surface area contributed by atoms with Gasteiger partial charge >= 0.3 is 0 Å². The van der Waals surface area contributed by atoms with Gasteiger partial charge in [-0.05, 0) is 138 Å². The third kappa shape index (κ3) is 27.2. The Morgan fingerprint density at radius 2 is 0.960 bits per heavy atom. The molecule has 26 nitrogen and oxygen atoms in total. The molecule has 2 heterocycles. The maximum Gasteiger partial charge on any atom is 0.256 e. The van der Waals surface area contributed by atoms with Gasteiger partial charge in [-0.1, -0.05) is 123 Å². The predicted molar refractivity (Wildman–Crippen MR) is 391 cm³/mol. The molecule has 2 aliphatic rings. The Labute approximate surface area is 604 Å². The number of aliphatic hydroxyl groups is 1. The fraction of sp³-hybridized carbons (Fsp3) is 0.849. The van der Waals surface area contributed by atoms with Crippen molar-refractivity contribution in [3.05, 3.63) is 0 Å². The number of nitrogens with one attached hydrogen (secondary N) is 4. The first-order chi connectivity index (χ1) is 46.7. The van der Waals surface area contributed by atoms with Crippen molar-refractivity contribution in [3.63, 3.8) is 0 Å². The van der Waals surface area contributed by atoms with Crippen molar-refractivity contribution >= 4 is 76.7 Å². The summed E-state index contributed by atoms with van der Waals surface area (Å²) in [4.78, 5) is 174. The molecule has 0 aromatic carbocycles. The maximum absolute atomic E-state index is 15.5. The molecular formula is C73H134N12O14S. The van der Waals surface area contributed by atoms with Gasteiger partial charge in [-0.2, -0.15) is 0 Å². The van der Waals surface area contributed by atoms with Crippen molar-refractivity contribution in [2.24, 2.45) is 47.2 Å². The number of amides is 11. The number of unbranched alkanes of at least 4 members (excludes halogenated alkanes) is 4. The molecule has 1 unspecified atom stereocenters. The lowest BCUT2D eigenvalue weighted by Crippen LogP contribution is -2.64. The molecule has 0 radical (unpaired) electrons. The minimum atomic E-state index is -1.63. The Hall–Kier alpha value is -5.64. The highest BCUT2D eigenvalue weighted by Crippen LogP contribution is 2.28. The van der Waals surface area contributed by atoms with E-state index < -0.39 is 155 Å². The zero-order chi connectivity index (χ0) is 76.3. The zero-order valence-electron chi connectivity index (χ0n) is 65.4. The normalized spacial score (nSPS) is 27.0. The first-order valence-electron chi connectivity index (χ1n) is 37.0. The van der Waals surface area contributed by atoms with Crippen molar-refractivity contribution < 1.29 is 67.3 Å². The first-order valence-corrected chi connectivity index (χ1v) is 38.1. The fourth-order valence-corrected chi connectivity index (χ4v) is 14.2. The number of likely N-dealkylation sites (N-methyl/N-ethyl adjacent to an activating group) is 7. The van der Waals surface area contributed by atoms with Crippen LogP contribution in [0.15, 0.2) is 0 Å². The summed E-state index contributed by atoms with van der Waals surface area (Å²) >= 11 is 1.14. The molecule has 0 spiro atoms. The van der Waals surface area contributed by atoms with Crippen LogP contribution in [0, 0.1) is 41.4 Å². The third-order valence-corrected chi connectivity index (χ3v) is 20.7. The topological polar surface area (TPSA) is 323 Å². The molecule has 14 atom stereocenters. The van der Waals surface area contributed by atoms with Crippen molar-refractivity contribution in [2.75, 3.05) is 74.8 Å². The van der Waals surface area contributed by atoms with E-state index in [1.54, 1.807) is 41.5 Å². The molecule has 0 bridgehead atoms. The largest absolute Gasteiger partial charge is 0.390 e. The second-order valence-electron chi connectivity index (χ2n) is 30.6. The number of hydrogen-bond donors (Lipinski definition) is 6. The van der Waals surface area contributed by atoms with Gasteiger partial charge in [0.15, 0.2) is 11.7 Å². The SMILES string of the molecule is CC[C@@H]1NC(=O)[C@H]([C@H](O)[C@H](C)CCCCCCCN)N(C)C(=O)[C@H](C(C)C)N(C)C(=O)[C@H](CC(C)C)N(C)C(=O)[C@H](CC(C)C)N(C)C(=O)[C@@H](C)NC(=O)[C@H](C)NC(=O)[C@H](CC(C)C)N(C)C(=O)[C@H](C(C)C)NC(=O)[C@H](CC(C)C)N(C)C(=O)[C@@H](SCCCOC2CCCCO2)N(C)C1=O. The number of carbonyl (C=O) groups is 11. The average Bonchev–Trinajstić information content (AvgIpc) is 0.804. The van der Waals surface area contributed by atoms with Crippen LogP contribution in [0.4, 0.5) is 0 Å². The van der Waals surface area contributed by atoms with Crippen LogP contribution in [-0.4, -0.2) is 257 Å². The number of ether oxygens (including phenoxy) is 2. The quantitative estimate of drug-likeness (QED) is 0.0575. The Balaban J connectivity index is 3.10. The number of carbonyl (C=O) groups excluding carboxylic acids is 11. The molecule has 27 heteroatoms. The lowest BCUT2D eigenvalue weighted by molar-refractivity contribution is -0.162. The molecule has 0 aromatic heterocycles. The van der Waals surface area contributed by atoms with Crippen LogP contribution in [0.5, 0.6) is 0 Å². The second-order valence-corrected chi connectivity index (χ2v) is 31.8. The first kappa shape index (κ1) is 90.4. The van der Waals surface area contributed by atoms with Gasteiger partial charge in [0.1, 0.15) is 60.4 Å². The zero-order valence-corrected chi connectivity index (χ0v) is 66.2. The summed E-state index contributed by atoms with van der Waals surface area (Å²) in [6, 6.07) is -12.6. The maximum atomic E-state index is 15.5. The average molecular weight is 1440 g/mol. The third-order valence-electron chi connectivity index (χ3n) is 19.3. The van der Waals surface area contributed by atoms with Crippen LogP contribution in [0.25, 0.3) is 0 Å². The van der Waals surface area contributed by atoms with Crippen molar-refractivity contribution in [1.82, 2.24) is 55.6 Å². The van der Waals surface area contributed by atoms with E-state index in [2.05, 4.69) is 21.3 Å². The van der Waals surface area contributed by atoms with E-state index in [1.165, 1.54) is 92.6 Å². The van der Waals surface area contributed by atoms with Crippen molar-refractivity contribution in [2.45, 2.75) is 285 Å². The molecule has 2 aliphatic heterocycles. The summed E-state index contributed by atoms with van der Waals surface area (Å²) in [5.41, 5.74) is 5.77. The Kier molecular flexibility index (Phi) is 39.9. The highest BCUT2D eigenvalue weighted by atomic mass is 32.2. The minimum Gasteiger partial charge on any atom is -0.390 e. The number of nitrogens with two attached hydrogens (primary N) is 1. The molecule has 576 valence electrons. The van der Waals surface area contributed by atoms with Gasteiger partial charge < -0.3 is 75.9 Å². The van der Waals surface area contributed by atoms with Gasteiger partial charge in [-0.3, -0.25) is 52.7 Å². The highest BCUT2D eigenvalue weighted by Gasteiger charge is 2.47. The van der Waals surface area contributed by atoms with Crippen LogP contribution in [0.2, 0.25) is 0 Å². The van der Waals surface area contributed by atoms with Gasteiger partial charge in [0.25, 0.3) is 5.91 Å². The molecule has 11 amide bonds. The van der Waals surface area contributed by atoms with E-state index in [0.717, 1.165) is 61.6 Å². The molecule has 0 saturated carbocycles. The lowest BCUT2D eigenvalue weighted by Gasteiger charge is -2.41. The molecule has 0 aromatic rings. The van der Waals surface area contributed by atoms with Gasteiger partial charge in [0.2, 0.25) is 59.1 Å².